The topological polar surface area (TPSA) is 59.9 Å². The second-order valence-corrected chi connectivity index (χ2v) is 4.58. The zero-order chi connectivity index (χ0) is 13.9. The third-order valence-corrected chi connectivity index (χ3v) is 3.19. The molecule has 20 heavy (non-hydrogen) atoms. The van der Waals surface area contributed by atoms with Crippen molar-refractivity contribution >= 4 is 5.78 Å². The Bertz CT molecular complexity index is 747. The van der Waals surface area contributed by atoms with E-state index in [4.69, 9.17) is 0 Å². The molecule has 0 saturated heterocycles. The van der Waals surface area contributed by atoms with E-state index in [1.165, 1.54) is 0 Å². The van der Waals surface area contributed by atoms with Gasteiger partial charge in [0.05, 0.1) is 0 Å². The van der Waals surface area contributed by atoms with E-state index < -0.39 is 0 Å². The van der Waals surface area contributed by atoms with Crippen molar-refractivity contribution in [3.63, 3.8) is 0 Å². The number of hydrogen-bond donors (Lipinski definition) is 1. The molecule has 0 saturated carbocycles. The van der Waals surface area contributed by atoms with E-state index in [0.29, 0.717) is 5.56 Å². The van der Waals surface area contributed by atoms with Crippen molar-refractivity contribution in [2.24, 2.45) is 0 Å². The Kier molecular flexibility index (Phi) is 3.13. The molecular formula is C16H14N3O+. The van der Waals surface area contributed by atoms with Crippen molar-refractivity contribution in [1.29, 1.82) is 0 Å². The monoisotopic (exact) mass is 264 g/mol. The van der Waals surface area contributed by atoms with Gasteiger partial charge in [-0.05, 0) is 13.0 Å². The molecule has 2 N–H and O–H groups in total. The van der Waals surface area contributed by atoms with Crippen molar-refractivity contribution in [3.8, 4) is 22.5 Å². The van der Waals surface area contributed by atoms with E-state index in [1.807, 2.05) is 54.6 Å². The lowest BCUT2D eigenvalue weighted by Gasteiger charge is -1.99. The SMILES string of the molecule is CC(=O)c1cccc(-c2[nH+][nH]nc2-c2ccccc2)c1. The van der Waals surface area contributed by atoms with Crippen LogP contribution in [-0.4, -0.2) is 16.1 Å². The third-order valence-electron chi connectivity index (χ3n) is 3.19. The highest BCUT2D eigenvalue weighted by Gasteiger charge is 2.19. The van der Waals surface area contributed by atoms with Gasteiger partial charge in [0, 0.05) is 21.8 Å². The molecule has 0 unspecified atom stereocenters. The van der Waals surface area contributed by atoms with Gasteiger partial charge in [-0.2, -0.15) is 5.10 Å². The molecular weight excluding hydrogens is 250 g/mol. The number of aromatic amines is 2. The summed E-state index contributed by atoms with van der Waals surface area (Å²) in [6.07, 6.45) is 0. The van der Waals surface area contributed by atoms with Gasteiger partial charge < -0.3 is 0 Å². The summed E-state index contributed by atoms with van der Waals surface area (Å²) in [5, 5.41) is 10.1. The Morgan fingerprint density at radius 3 is 2.55 bits per heavy atom. The first kappa shape index (κ1) is 12.3. The van der Waals surface area contributed by atoms with Crippen LogP contribution in [0.15, 0.2) is 54.6 Å². The number of rotatable bonds is 3. The first-order valence-electron chi connectivity index (χ1n) is 6.38. The summed E-state index contributed by atoms with van der Waals surface area (Å²) < 4.78 is 0. The number of Topliss-reactive ketones (excluding diaryl/α,β-unsaturated/α-hetero) is 1. The van der Waals surface area contributed by atoms with Crippen molar-refractivity contribution in [2.75, 3.05) is 0 Å². The highest BCUT2D eigenvalue weighted by Crippen LogP contribution is 2.26. The Morgan fingerprint density at radius 1 is 1.05 bits per heavy atom. The molecule has 3 rings (SSSR count). The first-order chi connectivity index (χ1) is 9.75. The molecule has 0 amide bonds. The number of ketones is 1. The molecule has 3 aromatic rings. The molecule has 0 fully saturated rings. The van der Waals surface area contributed by atoms with E-state index in [-0.39, 0.29) is 5.78 Å². The van der Waals surface area contributed by atoms with Gasteiger partial charge in [0.15, 0.2) is 5.78 Å². The van der Waals surface area contributed by atoms with Gasteiger partial charge in [0.1, 0.15) is 0 Å². The molecule has 98 valence electrons. The summed E-state index contributed by atoms with van der Waals surface area (Å²) in [6, 6.07) is 17.4. The number of benzene rings is 2. The number of H-pyrrole nitrogens is 2. The van der Waals surface area contributed by atoms with Gasteiger partial charge >= 0.3 is 0 Å². The molecule has 4 heteroatoms. The zero-order valence-electron chi connectivity index (χ0n) is 11.1. The van der Waals surface area contributed by atoms with Crippen LogP contribution < -0.4 is 5.10 Å². The summed E-state index contributed by atoms with van der Waals surface area (Å²) in [5.74, 6) is 0.0524. The minimum atomic E-state index is 0.0524. The minimum Gasteiger partial charge on any atom is -0.295 e. The lowest BCUT2D eigenvalue weighted by molar-refractivity contribution is -0.443. The summed E-state index contributed by atoms with van der Waals surface area (Å²) in [7, 11) is 0. The number of carbonyl (C=O) groups is 1. The quantitative estimate of drug-likeness (QED) is 0.739. The smallest absolute Gasteiger partial charge is 0.256 e. The van der Waals surface area contributed by atoms with Crippen molar-refractivity contribution in [3.05, 3.63) is 60.2 Å². The van der Waals surface area contributed by atoms with Gasteiger partial charge in [0.25, 0.3) is 5.69 Å². The molecule has 1 aromatic heterocycles. The van der Waals surface area contributed by atoms with E-state index in [0.717, 1.165) is 22.5 Å². The molecule has 0 atom stereocenters. The molecule has 0 bridgehead atoms. The van der Waals surface area contributed by atoms with E-state index in [1.54, 1.807) is 6.92 Å². The van der Waals surface area contributed by atoms with Crippen LogP contribution in [0.2, 0.25) is 0 Å². The normalized spacial score (nSPS) is 10.4. The van der Waals surface area contributed by atoms with Gasteiger partial charge in [-0.15, -0.1) is 0 Å². The Hall–Kier alpha value is -2.75. The fraction of sp³-hybridized carbons (Fsp3) is 0.0625. The molecule has 0 aliphatic heterocycles. The van der Waals surface area contributed by atoms with E-state index in [9.17, 15) is 4.79 Å². The van der Waals surface area contributed by atoms with E-state index >= 15 is 0 Å². The lowest BCUT2D eigenvalue weighted by Crippen LogP contribution is -2.06. The fourth-order valence-electron chi connectivity index (χ4n) is 2.16. The highest BCUT2D eigenvalue weighted by molar-refractivity contribution is 5.95. The summed E-state index contributed by atoms with van der Waals surface area (Å²) in [4.78, 5) is 11.5. The maximum Gasteiger partial charge on any atom is 0.256 e. The molecule has 0 aliphatic carbocycles. The van der Waals surface area contributed by atoms with Crippen LogP contribution in [0.3, 0.4) is 0 Å². The largest absolute Gasteiger partial charge is 0.295 e. The zero-order valence-corrected chi connectivity index (χ0v) is 11.1. The van der Waals surface area contributed by atoms with Gasteiger partial charge in [-0.3, -0.25) is 4.79 Å². The maximum atomic E-state index is 11.5. The number of carbonyl (C=O) groups excluding carboxylic acids is 1. The predicted octanol–water partition coefficient (Wildman–Crippen LogP) is 2.76. The maximum absolute atomic E-state index is 11.5. The van der Waals surface area contributed by atoms with Crippen LogP contribution in [0.1, 0.15) is 17.3 Å². The fourth-order valence-corrected chi connectivity index (χ4v) is 2.16. The summed E-state index contributed by atoms with van der Waals surface area (Å²) in [5.41, 5.74) is 4.36. The Balaban J connectivity index is 2.10. The average molecular weight is 264 g/mol. The second-order valence-electron chi connectivity index (χ2n) is 4.58. The number of nitrogens with zero attached hydrogens (tertiary/aromatic N) is 1. The molecule has 1 heterocycles. The minimum absolute atomic E-state index is 0.0524. The molecule has 0 spiro atoms. The number of aromatic nitrogens is 3. The van der Waals surface area contributed by atoms with Crippen LogP contribution in [0.25, 0.3) is 22.5 Å². The first-order valence-corrected chi connectivity index (χ1v) is 6.38. The summed E-state index contributed by atoms with van der Waals surface area (Å²) in [6.45, 7) is 1.57. The number of hydrogen-bond acceptors (Lipinski definition) is 2. The Labute approximate surface area is 116 Å². The predicted molar refractivity (Wildman–Crippen MR) is 76.0 cm³/mol. The van der Waals surface area contributed by atoms with Crippen molar-refractivity contribution in [2.45, 2.75) is 6.92 Å². The van der Waals surface area contributed by atoms with Crippen LogP contribution in [-0.2, 0) is 0 Å². The highest BCUT2D eigenvalue weighted by atomic mass is 16.1. The van der Waals surface area contributed by atoms with Crippen LogP contribution in [0.4, 0.5) is 0 Å². The van der Waals surface area contributed by atoms with Gasteiger partial charge in [-0.25, -0.2) is 0 Å². The standard InChI is InChI=1S/C16H13N3O/c1-11(20)13-8-5-9-14(10-13)16-15(17-19-18-16)12-6-3-2-4-7-12/h2-10H,1H3,(H,17,18,19)/p+1. The third kappa shape index (κ3) is 2.23. The molecule has 4 nitrogen and oxygen atoms in total. The van der Waals surface area contributed by atoms with Crippen molar-refractivity contribution in [1.82, 2.24) is 10.3 Å². The van der Waals surface area contributed by atoms with E-state index in [2.05, 4.69) is 15.4 Å². The average Bonchev–Trinajstić information content (AvgIpc) is 2.98. The van der Waals surface area contributed by atoms with Crippen molar-refractivity contribution < 1.29 is 9.89 Å². The Morgan fingerprint density at radius 2 is 1.80 bits per heavy atom. The lowest BCUT2D eigenvalue weighted by atomic mass is 10.0. The van der Waals surface area contributed by atoms with Crippen LogP contribution >= 0.6 is 0 Å². The molecule has 2 aromatic carbocycles. The second kappa shape index (κ2) is 5.09. The van der Waals surface area contributed by atoms with Gasteiger partial charge in [-0.1, -0.05) is 53.7 Å². The number of nitrogens with one attached hydrogen (secondary N) is 2. The van der Waals surface area contributed by atoms with Crippen LogP contribution in [0, 0.1) is 0 Å². The molecule has 0 aliphatic rings. The van der Waals surface area contributed by atoms with Gasteiger partial charge in [0.2, 0.25) is 5.69 Å². The molecule has 0 radical (unpaired) electrons. The van der Waals surface area contributed by atoms with Crippen LogP contribution in [0.5, 0.6) is 0 Å². The summed E-state index contributed by atoms with van der Waals surface area (Å²) >= 11 is 0.